The van der Waals surface area contributed by atoms with Gasteiger partial charge in [0.05, 0.1) is 6.54 Å². The van der Waals surface area contributed by atoms with Crippen LogP contribution in [0.4, 0.5) is 0 Å². The van der Waals surface area contributed by atoms with Gasteiger partial charge in [0.25, 0.3) is 0 Å². The highest BCUT2D eigenvalue weighted by atomic mass is 127. The van der Waals surface area contributed by atoms with E-state index in [4.69, 9.17) is 4.42 Å². The second-order valence-electron chi connectivity index (χ2n) is 6.26. The lowest BCUT2D eigenvalue weighted by Crippen LogP contribution is -2.40. The van der Waals surface area contributed by atoms with Gasteiger partial charge in [0.15, 0.2) is 5.96 Å². The number of carbonyl (C=O) groups excluding carboxylic acids is 1. The van der Waals surface area contributed by atoms with Crippen molar-refractivity contribution in [2.24, 2.45) is 4.99 Å². The summed E-state index contributed by atoms with van der Waals surface area (Å²) in [5.74, 6) is 1.27. The molecule has 0 saturated carbocycles. The van der Waals surface area contributed by atoms with Crippen LogP contribution in [0.3, 0.4) is 0 Å². The summed E-state index contributed by atoms with van der Waals surface area (Å²) in [6, 6.07) is 9.95. The molecule has 2 rings (SSSR count). The largest absolute Gasteiger partial charge is 0.444 e. The molecule has 0 aliphatic carbocycles. The number of aromatic nitrogens is 1. The van der Waals surface area contributed by atoms with E-state index in [1.807, 2.05) is 51.1 Å². The molecular weight excluding hydrogens is 469 g/mol. The summed E-state index contributed by atoms with van der Waals surface area (Å²) in [4.78, 5) is 20.8. The average molecular weight is 499 g/mol. The molecule has 1 unspecified atom stereocenters. The predicted octanol–water partition coefficient (Wildman–Crippen LogP) is 3.32. The highest BCUT2D eigenvalue weighted by molar-refractivity contribution is 14.0. The summed E-state index contributed by atoms with van der Waals surface area (Å²) < 4.78 is 5.53. The Morgan fingerprint density at radius 1 is 1.21 bits per heavy atom. The number of nitrogens with zero attached hydrogens (tertiary/aromatic N) is 2. The lowest BCUT2D eigenvalue weighted by Gasteiger charge is -2.13. The Kier molecular flexibility index (Phi) is 11.2. The van der Waals surface area contributed by atoms with Gasteiger partial charge in [0.1, 0.15) is 12.0 Å². The number of carbonyl (C=O) groups is 1. The second-order valence-corrected chi connectivity index (χ2v) is 6.26. The van der Waals surface area contributed by atoms with Gasteiger partial charge < -0.3 is 20.4 Å². The lowest BCUT2D eigenvalue weighted by molar-refractivity contribution is -0.121. The zero-order valence-corrected chi connectivity index (χ0v) is 19.0. The molecule has 0 aliphatic heterocycles. The van der Waals surface area contributed by atoms with E-state index in [1.165, 1.54) is 0 Å². The lowest BCUT2D eigenvalue weighted by atomic mass is 10.2. The van der Waals surface area contributed by atoms with Crippen LogP contribution in [0.5, 0.6) is 0 Å². The first-order chi connectivity index (χ1) is 13.1. The monoisotopic (exact) mass is 499 g/mol. The maximum Gasteiger partial charge on any atom is 0.226 e. The number of nitrogens with one attached hydrogen (secondary N) is 3. The van der Waals surface area contributed by atoms with Crippen LogP contribution in [0.2, 0.25) is 0 Å². The molecule has 1 atom stereocenters. The van der Waals surface area contributed by atoms with E-state index in [-0.39, 0.29) is 35.9 Å². The van der Waals surface area contributed by atoms with Crippen molar-refractivity contribution in [1.29, 1.82) is 0 Å². The molecule has 1 amide bonds. The molecule has 1 heterocycles. The van der Waals surface area contributed by atoms with Crippen molar-refractivity contribution in [2.75, 3.05) is 13.1 Å². The van der Waals surface area contributed by atoms with E-state index in [1.54, 1.807) is 6.26 Å². The Bertz CT molecular complexity index is 733. The third kappa shape index (κ3) is 8.28. The minimum atomic E-state index is 0. The van der Waals surface area contributed by atoms with Crippen LogP contribution < -0.4 is 16.0 Å². The first-order valence-corrected chi connectivity index (χ1v) is 9.43. The third-order valence-electron chi connectivity index (χ3n) is 3.98. The maximum absolute atomic E-state index is 11.8. The van der Waals surface area contributed by atoms with Gasteiger partial charge in [-0.25, -0.2) is 9.98 Å². The van der Waals surface area contributed by atoms with Crippen LogP contribution in [0.1, 0.15) is 39.3 Å². The topological polar surface area (TPSA) is 91.6 Å². The van der Waals surface area contributed by atoms with Gasteiger partial charge in [0.2, 0.25) is 11.8 Å². The molecule has 0 aliphatic rings. The van der Waals surface area contributed by atoms with Gasteiger partial charge in [-0.15, -0.1) is 24.0 Å². The molecule has 0 bridgehead atoms. The van der Waals surface area contributed by atoms with Crippen LogP contribution in [0.25, 0.3) is 11.5 Å². The molecule has 8 heteroatoms. The fourth-order valence-electron chi connectivity index (χ4n) is 2.34. The maximum atomic E-state index is 11.8. The Labute approximate surface area is 183 Å². The molecule has 1 aromatic carbocycles. The summed E-state index contributed by atoms with van der Waals surface area (Å²) in [5, 5.41) is 9.29. The Morgan fingerprint density at radius 3 is 2.64 bits per heavy atom. The predicted molar refractivity (Wildman–Crippen MR) is 123 cm³/mol. The number of rotatable bonds is 9. The summed E-state index contributed by atoms with van der Waals surface area (Å²) in [6.45, 7) is 7.69. The number of halogens is 1. The van der Waals surface area contributed by atoms with Gasteiger partial charge in [-0.3, -0.25) is 4.79 Å². The number of hydrogen-bond acceptors (Lipinski definition) is 4. The molecular formula is C20H30IN5O2. The van der Waals surface area contributed by atoms with Crippen LogP contribution in [-0.2, 0) is 11.3 Å². The van der Waals surface area contributed by atoms with Gasteiger partial charge in [0, 0.05) is 31.1 Å². The van der Waals surface area contributed by atoms with Crippen molar-refractivity contribution in [3.8, 4) is 11.5 Å². The summed E-state index contributed by atoms with van der Waals surface area (Å²) >= 11 is 0. The van der Waals surface area contributed by atoms with Crippen LogP contribution in [0, 0.1) is 0 Å². The molecule has 28 heavy (non-hydrogen) atoms. The second kappa shape index (κ2) is 13.1. The quantitative estimate of drug-likeness (QED) is 0.280. The summed E-state index contributed by atoms with van der Waals surface area (Å²) in [7, 11) is 0. The first-order valence-electron chi connectivity index (χ1n) is 9.43. The van der Waals surface area contributed by atoms with Gasteiger partial charge in [-0.1, -0.05) is 25.1 Å². The van der Waals surface area contributed by atoms with E-state index < -0.39 is 0 Å². The molecule has 3 N–H and O–H groups in total. The highest BCUT2D eigenvalue weighted by Crippen LogP contribution is 2.18. The molecule has 0 spiro atoms. The Balaban J connectivity index is 0.00000392. The van der Waals surface area contributed by atoms with E-state index in [9.17, 15) is 4.79 Å². The van der Waals surface area contributed by atoms with Crippen molar-refractivity contribution < 1.29 is 9.21 Å². The van der Waals surface area contributed by atoms with Gasteiger partial charge in [-0.05, 0) is 32.4 Å². The molecule has 0 saturated heterocycles. The smallest absolute Gasteiger partial charge is 0.226 e. The number of aliphatic imine (C=N–C) groups is 1. The summed E-state index contributed by atoms with van der Waals surface area (Å²) in [5.41, 5.74) is 1.69. The van der Waals surface area contributed by atoms with Crippen molar-refractivity contribution in [1.82, 2.24) is 20.9 Å². The fourth-order valence-corrected chi connectivity index (χ4v) is 2.34. The molecule has 0 fully saturated rings. The molecule has 1 aromatic heterocycles. The standard InChI is InChI=1S/C20H29N5O2.HI/c1-4-15(3)24-18(26)11-12-22-20(21-5-2)23-13-17-14-27-19(25-17)16-9-7-6-8-10-16;/h6-10,14-15H,4-5,11-13H2,1-3H3,(H,24,26)(H2,21,22,23);1H. The number of hydrogen-bond donors (Lipinski definition) is 3. The van der Waals surface area contributed by atoms with E-state index >= 15 is 0 Å². The minimum Gasteiger partial charge on any atom is -0.444 e. The van der Waals surface area contributed by atoms with Crippen molar-refractivity contribution in [3.05, 3.63) is 42.3 Å². The first kappa shape index (κ1) is 23.9. The van der Waals surface area contributed by atoms with Crippen molar-refractivity contribution in [2.45, 2.75) is 46.2 Å². The van der Waals surface area contributed by atoms with Crippen LogP contribution in [-0.4, -0.2) is 36.0 Å². The molecule has 2 aromatic rings. The zero-order valence-electron chi connectivity index (χ0n) is 16.7. The number of benzene rings is 1. The van der Waals surface area contributed by atoms with E-state index in [2.05, 4.69) is 25.9 Å². The van der Waals surface area contributed by atoms with E-state index in [0.29, 0.717) is 31.4 Å². The van der Waals surface area contributed by atoms with Crippen LogP contribution in [0.15, 0.2) is 46.0 Å². The SMILES string of the molecule is CCNC(=NCc1coc(-c2ccccc2)n1)NCCC(=O)NC(C)CC.I. The van der Waals surface area contributed by atoms with Crippen molar-refractivity contribution >= 4 is 35.8 Å². The summed E-state index contributed by atoms with van der Waals surface area (Å²) in [6.07, 6.45) is 2.94. The molecule has 7 nitrogen and oxygen atoms in total. The number of guanidine groups is 1. The molecule has 0 radical (unpaired) electrons. The van der Waals surface area contributed by atoms with E-state index in [0.717, 1.165) is 24.2 Å². The van der Waals surface area contributed by atoms with Gasteiger partial charge >= 0.3 is 0 Å². The highest BCUT2D eigenvalue weighted by Gasteiger charge is 2.08. The number of oxazole rings is 1. The van der Waals surface area contributed by atoms with Crippen LogP contribution >= 0.6 is 24.0 Å². The molecule has 154 valence electrons. The normalized spacial score (nSPS) is 12.0. The Hall–Kier alpha value is -2.10. The average Bonchev–Trinajstić information content (AvgIpc) is 3.15. The zero-order chi connectivity index (χ0) is 19.5. The van der Waals surface area contributed by atoms with Crippen molar-refractivity contribution in [3.63, 3.8) is 0 Å². The fraction of sp³-hybridized carbons (Fsp3) is 0.450. The number of amides is 1. The Morgan fingerprint density at radius 2 is 1.96 bits per heavy atom. The minimum absolute atomic E-state index is 0. The third-order valence-corrected chi connectivity index (χ3v) is 3.98. The van der Waals surface area contributed by atoms with Gasteiger partial charge in [-0.2, -0.15) is 0 Å².